The summed E-state index contributed by atoms with van der Waals surface area (Å²) in [5.41, 5.74) is 6.44. The van der Waals surface area contributed by atoms with E-state index in [9.17, 15) is 13.2 Å². The standard InChI is InChI=1S/C11H9F3N6/c12-7-1-8(20-9(7)3-16-11(15)18-20)6-2-17-19(4-6)5-10(13)14/h1-4,10H,5H2,(H2,15,18). The second-order valence-corrected chi connectivity index (χ2v) is 4.13. The molecule has 2 N–H and O–H groups in total. The SMILES string of the molecule is Nc1ncc2c(F)cc(-c3cnn(CC(F)F)c3)n2n1. The van der Waals surface area contributed by atoms with Crippen molar-refractivity contribution in [3.05, 3.63) is 30.5 Å². The Kier molecular flexibility index (Phi) is 2.81. The van der Waals surface area contributed by atoms with E-state index in [0.29, 0.717) is 11.3 Å². The van der Waals surface area contributed by atoms with Gasteiger partial charge in [-0.1, -0.05) is 0 Å². The van der Waals surface area contributed by atoms with E-state index in [4.69, 9.17) is 5.73 Å². The van der Waals surface area contributed by atoms with Crippen LogP contribution in [0.25, 0.3) is 16.8 Å². The Morgan fingerprint density at radius 1 is 1.30 bits per heavy atom. The predicted molar refractivity (Wildman–Crippen MR) is 64.6 cm³/mol. The summed E-state index contributed by atoms with van der Waals surface area (Å²) in [6.45, 7) is -0.525. The lowest BCUT2D eigenvalue weighted by Crippen LogP contribution is -2.06. The molecule has 0 aromatic carbocycles. The molecule has 0 spiro atoms. The number of nitrogens with two attached hydrogens (primary N) is 1. The first-order chi connectivity index (χ1) is 9.54. The van der Waals surface area contributed by atoms with E-state index < -0.39 is 18.8 Å². The van der Waals surface area contributed by atoms with Crippen molar-refractivity contribution in [3.8, 4) is 11.3 Å². The molecular formula is C11H9F3N6. The van der Waals surface area contributed by atoms with Gasteiger partial charge in [0.25, 0.3) is 6.43 Å². The van der Waals surface area contributed by atoms with Gasteiger partial charge < -0.3 is 5.73 Å². The Labute approximate surface area is 110 Å². The van der Waals surface area contributed by atoms with Crippen molar-refractivity contribution >= 4 is 11.5 Å². The fourth-order valence-corrected chi connectivity index (χ4v) is 1.91. The van der Waals surface area contributed by atoms with Crippen LogP contribution in [0.2, 0.25) is 0 Å². The quantitative estimate of drug-likeness (QED) is 0.791. The summed E-state index contributed by atoms with van der Waals surface area (Å²) < 4.78 is 40.7. The first-order valence-electron chi connectivity index (χ1n) is 5.65. The molecule has 9 heteroatoms. The molecule has 0 aliphatic carbocycles. The zero-order valence-corrected chi connectivity index (χ0v) is 10.0. The molecule has 0 saturated heterocycles. The zero-order valence-electron chi connectivity index (χ0n) is 10.0. The fraction of sp³-hybridized carbons (Fsp3) is 0.182. The van der Waals surface area contributed by atoms with Gasteiger partial charge in [0.05, 0.1) is 18.1 Å². The van der Waals surface area contributed by atoms with Gasteiger partial charge in [0.2, 0.25) is 5.95 Å². The first-order valence-corrected chi connectivity index (χ1v) is 5.65. The number of anilines is 1. The van der Waals surface area contributed by atoms with Crippen LogP contribution in [-0.4, -0.2) is 30.8 Å². The normalized spacial score (nSPS) is 11.6. The van der Waals surface area contributed by atoms with Gasteiger partial charge in [0, 0.05) is 17.8 Å². The molecule has 0 saturated carbocycles. The van der Waals surface area contributed by atoms with Gasteiger partial charge in [-0.25, -0.2) is 22.7 Å². The van der Waals surface area contributed by atoms with E-state index in [1.54, 1.807) is 0 Å². The molecule has 3 rings (SSSR count). The van der Waals surface area contributed by atoms with Crippen LogP contribution in [0.4, 0.5) is 19.1 Å². The monoisotopic (exact) mass is 282 g/mol. The van der Waals surface area contributed by atoms with Gasteiger partial charge in [0.1, 0.15) is 12.1 Å². The number of hydrogen-bond donors (Lipinski definition) is 1. The van der Waals surface area contributed by atoms with Crippen LogP contribution in [0.1, 0.15) is 0 Å². The maximum atomic E-state index is 13.8. The highest BCUT2D eigenvalue weighted by Crippen LogP contribution is 2.24. The highest BCUT2D eigenvalue weighted by molar-refractivity contribution is 5.66. The molecule has 3 heterocycles. The molecule has 20 heavy (non-hydrogen) atoms. The predicted octanol–water partition coefficient (Wildman–Crippen LogP) is 1.58. The minimum atomic E-state index is -2.51. The third-order valence-electron chi connectivity index (χ3n) is 2.74. The Morgan fingerprint density at radius 2 is 2.10 bits per heavy atom. The molecule has 6 nitrogen and oxygen atoms in total. The largest absolute Gasteiger partial charge is 0.367 e. The molecule has 0 aliphatic rings. The summed E-state index contributed by atoms with van der Waals surface area (Å²) in [6.07, 6.45) is 1.50. The van der Waals surface area contributed by atoms with Crippen molar-refractivity contribution in [1.82, 2.24) is 24.4 Å². The Morgan fingerprint density at radius 3 is 2.85 bits per heavy atom. The van der Waals surface area contributed by atoms with E-state index in [2.05, 4.69) is 15.2 Å². The third kappa shape index (κ3) is 2.06. The lowest BCUT2D eigenvalue weighted by molar-refractivity contribution is 0.122. The number of aromatic nitrogens is 5. The smallest absolute Gasteiger partial charge is 0.257 e. The average molecular weight is 282 g/mol. The van der Waals surface area contributed by atoms with Crippen LogP contribution < -0.4 is 5.73 Å². The number of nitrogens with zero attached hydrogens (tertiary/aromatic N) is 5. The topological polar surface area (TPSA) is 74.0 Å². The van der Waals surface area contributed by atoms with Crippen molar-refractivity contribution in [2.45, 2.75) is 13.0 Å². The van der Waals surface area contributed by atoms with Crippen LogP contribution in [-0.2, 0) is 6.54 Å². The molecule has 0 atom stereocenters. The van der Waals surface area contributed by atoms with Gasteiger partial charge in [-0.2, -0.15) is 5.10 Å². The summed E-state index contributed by atoms with van der Waals surface area (Å²) in [5.74, 6) is -0.545. The van der Waals surface area contributed by atoms with Crippen molar-refractivity contribution < 1.29 is 13.2 Å². The van der Waals surface area contributed by atoms with Gasteiger partial charge in [-0.3, -0.25) is 4.68 Å². The molecule has 0 radical (unpaired) electrons. The summed E-state index contributed by atoms with van der Waals surface area (Å²) in [6, 6.07) is 1.23. The van der Waals surface area contributed by atoms with Crippen molar-refractivity contribution in [2.24, 2.45) is 0 Å². The maximum absolute atomic E-state index is 13.8. The van der Waals surface area contributed by atoms with Crippen molar-refractivity contribution in [2.75, 3.05) is 5.73 Å². The summed E-state index contributed by atoms with van der Waals surface area (Å²) in [4.78, 5) is 3.71. The average Bonchev–Trinajstić information content (AvgIpc) is 2.94. The number of hydrogen-bond acceptors (Lipinski definition) is 4. The van der Waals surface area contributed by atoms with Gasteiger partial charge in [-0.05, 0) is 0 Å². The number of halogens is 3. The Bertz CT molecular complexity index is 763. The molecule has 0 amide bonds. The lowest BCUT2D eigenvalue weighted by Gasteiger charge is -2.00. The van der Waals surface area contributed by atoms with Crippen LogP contribution >= 0.6 is 0 Å². The Balaban J connectivity index is 2.09. The molecule has 0 unspecified atom stereocenters. The van der Waals surface area contributed by atoms with E-state index in [1.807, 2.05) is 0 Å². The minimum Gasteiger partial charge on any atom is -0.367 e. The molecule has 3 aromatic rings. The van der Waals surface area contributed by atoms with Gasteiger partial charge >= 0.3 is 0 Å². The molecule has 104 valence electrons. The Hall–Kier alpha value is -2.58. The van der Waals surface area contributed by atoms with E-state index in [0.717, 1.165) is 4.68 Å². The summed E-state index contributed by atoms with van der Waals surface area (Å²) in [7, 11) is 0. The highest BCUT2D eigenvalue weighted by atomic mass is 19.3. The van der Waals surface area contributed by atoms with E-state index >= 15 is 0 Å². The zero-order chi connectivity index (χ0) is 14.3. The van der Waals surface area contributed by atoms with Crippen molar-refractivity contribution in [3.63, 3.8) is 0 Å². The second-order valence-electron chi connectivity index (χ2n) is 4.13. The summed E-state index contributed by atoms with van der Waals surface area (Å²) >= 11 is 0. The van der Waals surface area contributed by atoms with Crippen LogP contribution in [0.15, 0.2) is 24.7 Å². The third-order valence-corrected chi connectivity index (χ3v) is 2.74. The van der Waals surface area contributed by atoms with Crippen LogP contribution in [0, 0.1) is 5.82 Å². The highest BCUT2D eigenvalue weighted by Gasteiger charge is 2.15. The molecule has 0 bridgehead atoms. The van der Waals surface area contributed by atoms with E-state index in [-0.39, 0.29) is 11.5 Å². The number of alkyl halides is 2. The fourth-order valence-electron chi connectivity index (χ4n) is 1.91. The number of fused-ring (bicyclic) bond motifs is 1. The molecule has 0 fully saturated rings. The second kappa shape index (κ2) is 4.51. The molecule has 0 aliphatic heterocycles. The van der Waals surface area contributed by atoms with Gasteiger partial charge in [-0.15, -0.1) is 5.10 Å². The van der Waals surface area contributed by atoms with E-state index in [1.165, 1.54) is 29.2 Å². The number of nitrogen functional groups attached to an aromatic ring is 1. The lowest BCUT2D eigenvalue weighted by atomic mass is 10.3. The van der Waals surface area contributed by atoms with Crippen LogP contribution in [0.3, 0.4) is 0 Å². The van der Waals surface area contributed by atoms with Gasteiger partial charge in [0.15, 0.2) is 5.82 Å². The first kappa shape index (κ1) is 12.5. The molecule has 3 aromatic heterocycles. The summed E-state index contributed by atoms with van der Waals surface area (Å²) in [5, 5.41) is 7.70. The molecular weight excluding hydrogens is 273 g/mol. The minimum absolute atomic E-state index is 0.0191. The number of rotatable bonds is 3. The van der Waals surface area contributed by atoms with Crippen molar-refractivity contribution in [1.29, 1.82) is 0 Å². The van der Waals surface area contributed by atoms with Crippen LogP contribution in [0.5, 0.6) is 0 Å². The maximum Gasteiger partial charge on any atom is 0.257 e.